The quantitative estimate of drug-likeness (QED) is 0.819. The summed E-state index contributed by atoms with van der Waals surface area (Å²) >= 11 is 1.21. The number of carbonyl (C=O) groups is 1. The summed E-state index contributed by atoms with van der Waals surface area (Å²) in [6.45, 7) is 8.22. The molecule has 0 amide bonds. The van der Waals surface area contributed by atoms with Gasteiger partial charge >= 0.3 is 5.97 Å². The summed E-state index contributed by atoms with van der Waals surface area (Å²) in [7, 11) is 0. The highest BCUT2D eigenvalue weighted by atomic mass is 32.1. The summed E-state index contributed by atoms with van der Waals surface area (Å²) in [6, 6.07) is 0.317. The maximum absolute atomic E-state index is 10.9. The first-order valence-electron chi connectivity index (χ1n) is 5.91. The molecule has 0 saturated heterocycles. The average molecular weight is 256 g/mol. The standard InChI is InChI=1S/C12H20N2O2S/c1-5-7(2)6-8(3)13-12-14-9(4)10(17-12)11(15)16/h7-8H,5-6H2,1-4H3,(H,13,14)(H,15,16). The number of thiazole rings is 1. The van der Waals surface area contributed by atoms with Gasteiger partial charge in [-0.1, -0.05) is 31.6 Å². The number of hydrogen-bond acceptors (Lipinski definition) is 4. The van der Waals surface area contributed by atoms with Crippen LogP contribution >= 0.6 is 11.3 Å². The van der Waals surface area contributed by atoms with Crippen LogP contribution in [0.5, 0.6) is 0 Å². The number of aryl methyl sites for hydroxylation is 1. The van der Waals surface area contributed by atoms with Crippen LogP contribution in [0.3, 0.4) is 0 Å². The van der Waals surface area contributed by atoms with Crippen LogP contribution < -0.4 is 5.32 Å². The number of carboxylic acids is 1. The van der Waals surface area contributed by atoms with Crippen molar-refractivity contribution in [3.05, 3.63) is 10.6 Å². The summed E-state index contributed by atoms with van der Waals surface area (Å²) in [5.74, 6) is -0.236. The fourth-order valence-corrected chi connectivity index (χ4v) is 2.61. The van der Waals surface area contributed by atoms with Crippen molar-refractivity contribution < 1.29 is 9.90 Å². The van der Waals surface area contributed by atoms with Crippen LogP contribution in [0, 0.1) is 12.8 Å². The molecular weight excluding hydrogens is 236 g/mol. The Balaban J connectivity index is 2.63. The third-order valence-corrected chi connectivity index (χ3v) is 3.89. The minimum Gasteiger partial charge on any atom is -0.477 e. The van der Waals surface area contributed by atoms with Crippen LogP contribution in [0.25, 0.3) is 0 Å². The lowest BCUT2D eigenvalue weighted by atomic mass is 10.0. The first-order chi connectivity index (χ1) is 7.93. The highest BCUT2D eigenvalue weighted by Gasteiger charge is 2.15. The van der Waals surface area contributed by atoms with Gasteiger partial charge in [-0.25, -0.2) is 9.78 Å². The van der Waals surface area contributed by atoms with Crippen LogP contribution in [0.2, 0.25) is 0 Å². The number of aromatic nitrogens is 1. The SMILES string of the molecule is CCC(C)CC(C)Nc1nc(C)c(C(=O)O)s1. The lowest BCUT2D eigenvalue weighted by Gasteiger charge is -2.16. The van der Waals surface area contributed by atoms with Crippen molar-refractivity contribution in [3.8, 4) is 0 Å². The predicted molar refractivity (Wildman–Crippen MR) is 71.0 cm³/mol. The Hall–Kier alpha value is -1.10. The van der Waals surface area contributed by atoms with Crippen LogP contribution in [-0.4, -0.2) is 22.1 Å². The van der Waals surface area contributed by atoms with Crippen molar-refractivity contribution in [2.24, 2.45) is 5.92 Å². The molecule has 17 heavy (non-hydrogen) atoms. The van der Waals surface area contributed by atoms with E-state index in [0.29, 0.717) is 27.7 Å². The van der Waals surface area contributed by atoms with E-state index in [4.69, 9.17) is 5.11 Å². The van der Waals surface area contributed by atoms with E-state index in [-0.39, 0.29) is 0 Å². The molecule has 1 rings (SSSR count). The van der Waals surface area contributed by atoms with Crippen LogP contribution in [0.15, 0.2) is 0 Å². The zero-order chi connectivity index (χ0) is 13.0. The maximum Gasteiger partial charge on any atom is 0.347 e. The number of nitrogens with zero attached hydrogens (tertiary/aromatic N) is 1. The molecule has 0 fully saturated rings. The van der Waals surface area contributed by atoms with E-state index in [1.807, 2.05) is 0 Å². The monoisotopic (exact) mass is 256 g/mol. The van der Waals surface area contributed by atoms with Gasteiger partial charge in [0.15, 0.2) is 5.13 Å². The van der Waals surface area contributed by atoms with E-state index in [1.165, 1.54) is 11.3 Å². The molecule has 1 aromatic rings. The Morgan fingerprint density at radius 1 is 1.53 bits per heavy atom. The molecule has 0 radical (unpaired) electrons. The number of aromatic carboxylic acids is 1. The van der Waals surface area contributed by atoms with Gasteiger partial charge in [-0.15, -0.1) is 0 Å². The van der Waals surface area contributed by atoms with Gasteiger partial charge in [-0.05, 0) is 26.2 Å². The first kappa shape index (κ1) is 14.0. The molecule has 96 valence electrons. The third-order valence-electron chi connectivity index (χ3n) is 2.81. The number of anilines is 1. The molecule has 4 nitrogen and oxygen atoms in total. The maximum atomic E-state index is 10.9. The molecule has 1 aromatic heterocycles. The topological polar surface area (TPSA) is 62.2 Å². The minimum absolute atomic E-state index is 0.317. The molecular formula is C12H20N2O2S. The second-order valence-corrected chi connectivity index (χ2v) is 5.53. The molecule has 2 N–H and O–H groups in total. The lowest BCUT2D eigenvalue weighted by molar-refractivity contribution is 0.0701. The van der Waals surface area contributed by atoms with Crippen molar-refractivity contribution >= 4 is 22.4 Å². The lowest BCUT2D eigenvalue weighted by Crippen LogP contribution is -2.18. The minimum atomic E-state index is -0.900. The number of hydrogen-bond donors (Lipinski definition) is 2. The van der Waals surface area contributed by atoms with Gasteiger partial charge in [-0.2, -0.15) is 0 Å². The van der Waals surface area contributed by atoms with Crippen LogP contribution in [0.4, 0.5) is 5.13 Å². The van der Waals surface area contributed by atoms with Gasteiger partial charge in [-0.3, -0.25) is 0 Å². The molecule has 0 spiro atoms. The Morgan fingerprint density at radius 3 is 2.65 bits per heavy atom. The van der Waals surface area contributed by atoms with Gasteiger partial charge in [0.05, 0.1) is 5.69 Å². The fourth-order valence-electron chi connectivity index (χ4n) is 1.70. The van der Waals surface area contributed by atoms with Crippen molar-refractivity contribution in [2.45, 2.75) is 46.6 Å². The van der Waals surface area contributed by atoms with E-state index >= 15 is 0 Å². The summed E-state index contributed by atoms with van der Waals surface area (Å²) in [5, 5.41) is 12.9. The summed E-state index contributed by atoms with van der Waals surface area (Å²) in [5.41, 5.74) is 0.584. The van der Waals surface area contributed by atoms with Crippen molar-refractivity contribution in [1.82, 2.24) is 4.98 Å². The van der Waals surface area contributed by atoms with Gasteiger partial charge in [0.25, 0.3) is 0 Å². The van der Waals surface area contributed by atoms with E-state index in [2.05, 4.69) is 31.1 Å². The van der Waals surface area contributed by atoms with Gasteiger partial charge in [0, 0.05) is 6.04 Å². The molecule has 0 aliphatic carbocycles. The molecule has 5 heteroatoms. The van der Waals surface area contributed by atoms with Gasteiger partial charge < -0.3 is 10.4 Å². The third kappa shape index (κ3) is 4.00. The zero-order valence-electron chi connectivity index (χ0n) is 10.8. The van der Waals surface area contributed by atoms with E-state index in [0.717, 1.165) is 12.8 Å². The average Bonchev–Trinajstić information content (AvgIpc) is 2.59. The fraction of sp³-hybridized carbons (Fsp3) is 0.667. The molecule has 2 unspecified atom stereocenters. The van der Waals surface area contributed by atoms with E-state index < -0.39 is 5.97 Å². The first-order valence-corrected chi connectivity index (χ1v) is 6.72. The summed E-state index contributed by atoms with van der Waals surface area (Å²) < 4.78 is 0. The van der Waals surface area contributed by atoms with Crippen molar-refractivity contribution in [1.29, 1.82) is 0 Å². The molecule has 0 aliphatic heterocycles. The summed E-state index contributed by atoms with van der Waals surface area (Å²) in [4.78, 5) is 15.4. The Morgan fingerprint density at radius 2 is 2.18 bits per heavy atom. The van der Waals surface area contributed by atoms with Crippen LogP contribution in [0.1, 0.15) is 49.0 Å². The Bertz CT molecular complexity index is 390. The second-order valence-electron chi connectivity index (χ2n) is 4.53. The molecule has 2 atom stereocenters. The molecule has 1 heterocycles. The zero-order valence-corrected chi connectivity index (χ0v) is 11.6. The largest absolute Gasteiger partial charge is 0.477 e. The normalized spacial score (nSPS) is 14.4. The van der Waals surface area contributed by atoms with E-state index in [9.17, 15) is 4.79 Å². The highest BCUT2D eigenvalue weighted by Crippen LogP contribution is 2.24. The Kier molecular flexibility index (Phi) is 4.93. The van der Waals surface area contributed by atoms with Crippen LogP contribution in [-0.2, 0) is 0 Å². The number of nitrogens with one attached hydrogen (secondary N) is 1. The molecule has 0 bridgehead atoms. The molecule has 0 aromatic carbocycles. The highest BCUT2D eigenvalue weighted by molar-refractivity contribution is 7.17. The Labute approximate surface area is 106 Å². The summed E-state index contributed by atoms with van der Waals surface area (Å²) in [6.07, 6.45) is 2.22. The predicted octanol–water partition coefficient (Wildman–Crippen LogP) is 3.39. The van der Waals surface area contributed by atoms with Gasteiger partial charge in [0.1, 0.15) is 4.88 Å². The molecule has 0 aliphatic rings. The molecule has 0 saturated carbocycles. The smallest absolute Gasteiger partial charge is 0.347 e. The second kappa shape index (κ2) is 6.00. The van der Waals surface area contributed by atoms with Crippen molar-refractivity contribution in [2.75, 3.05) is 5.32 Å². The van der Waals surface area contributed by atoms with Crippen molar-refractivity contribution in [3.63, 3.8) is 0 Å². The number of rotatable bonds is 6. The number of carboxylic acid groups (broad SMARTS) is 1. The van der Waals surface area contributed by atoms with Gasteiger partial charge in [0.2, 0.25) is 0 Å². The van der Waals surface area contributed by atoms with E-state index in [1.54, 1.807) is 6.92 Å².